The van der Waals surface area contributed by atoms with Crippen LogP contribution in [0, 0.1) is 0 Å². The molecule has 0 aliphatic rings. The minimum Gasteiger partial charge on any atom is -0.278 e. The average molecular weight is 235 g/mol. The van der Waals surface area contributed by atoms with E-state index in [0.717, 1.165) is 10.2 Å². The summed E-state index contributed by atoms with van der Waals surface area (Å²) < 4.78 is 1.15. The molecule has 0 aromatic rings. The number of hydrogen-bond acceptors (Lipinski definition) is 3. The Morgan fingerprint density at radius 1 is 1.73 bits per heavy atom. The lowest BCUT2D eigenvalue weighted by Gasteiger charge is -1.87. The van der Waals surface area contributed by atoms with Crippen LogP contribution in [0.3, 0.4) is 0 Å². The highest BCUT2D eigenvalue weighted by Gasteiger charge is 1.79. The summed E-state index contributed by atoms with van der Waals surface area (Å²) in [5, 5.41) is 0. The van der Waals surface area contributed by atoms with E-state index in [9.17, 15) is 0 Å². The molecule has 0 amide bonds. The highest BCUT2D eigenvalue weighted by Crippen LogP contribution is 2.04. The van der Waals surface area contributed by atoms with Crippen molar-refractivity contribution in [2.75, 3.05) is 12.4 Å². The van der Waals surface area contributed by atoms with Crippen LogP contribution in [0.25, 0.3) is 0 Å². The fourth-order valence-corrected chi connectivity index (χ4v) is 1.33. The third kappa shape index (κ3) is 9.91. The molecule has 0 atom stereocenters. The van der Waals surface area contributed by atoms with Gasteiger partial charge in [0.05, 0.1) is 5.55 Å². The van der Waals surface area contributed by atoms with Crippen molar-refractivity contribution in [2.45, 2.75) is 6.92 Å². The first kappa shape index (κ1) is 10.9. The van der Waals surface area contributed by atoms with Crippen LogP contribution in [0.15, 0.2) is 20.5 Å². The SMILES string of the molecule is C=NC/N=C\SC/C=C(\C)Br. The topological polar surface area (TPSA) is 24.7 Å². The van der Waals surface area contributed by atoms with Gasteiger partial charge < -0.3 is 0 Å². The van der Waals surface area contributed by atoms with Crippen LogP contribution in [-0.2, 0) is 0 Å². The maximum atomic E-state index is 3.95. The molecule has 0 radical (unpaired) electrons. The van der Waals surface area contributed by atoms with Gasteiger partial charge in [-0.15, -0.1) is 11.8 Å². The first-order valence-corrected chi connectivity index (χ1v) is 4.96. The number of halogens is 1. The van der Waals surface area contributed by atoms with Crippen molar-refractivity contribution in [3.63, 3.8) is 0 Å². The number of nitrogens with zero attached hydrogens (tertiary/aromatic N) is 2. The van der Waals surface area contributed by atoms with Gasteiger partial charge in [0.1, 0.15) is 6.67 Å². The zero-order valence-electron chi connectivity index (χ0n) is 6.46. The van der Waals surface area contributed by atoms with Crippen LogP contribution in [0.5, 0.6) is 0 Å². The molecule has 4 heteroatoms. The van der Waals surface area contributed by atoms with Crippen molar-refractivity contribution >= 4 is 40.0 Å². The summed E-state index contributed by atoms with van der Waals surface area (Å²) in [6, 6.07) is 0. The number of aliphatic imine (C=N–C) groups is 2. The molecule has 0 saturated heterocycles. The smallest absolute Gasteiger partial charge is 0.129 e. The Bertz CT molecular complexity index is 162. The van der Waals surface area contributed by atoms with Gasteiger partial charge in [-0.2, -0.15) is 0 Å². The average Bonchev–Trinajstić information content (AvgIpc) is 1.96. The molecular formula is C7H11BrN2S. The number of thioether (sulfide) groups is 1. The predicted molar refractivity (Wildman–Crippen MR) is 58.1 cm³/mol. The summed E-state index contributed by atoms with van der Waals surface area (Å²) in [5.41, 5.74) is 1.79. The molecule has 0 heterocycles. The lowest BCUT2D eigenvalue weighted by Crippen LogP contribution is -1.74. The van der Waals surface area contributed by atoms with Crippen LogP contribution >= 0.6 is 27.7 Å². The number of allylic oxidation sites excluding steroid dienone is 1. The maximum Gasteiger partial charge on any atom is 0.129 e. The monoisotopic (exact) mass is 234 g/mol. The first-order chi connectivity index (χ1) is 5.27. The second-order valence-corrected chi connectivity index (χ2v) is 3.91. The predicted octanol–water partition coefficient (Wildman–Crippen LogP) is 2.70. The van der Waals surface area contributed by atoms with Crippen molar-refractivity contribution < 1.29 is 0 Å². The molecule has 0 bridgehead atoms. The van der Waals surface area contributed by atoms with Gasteiger partial charge in [-0.25, -0.2) is 0 Å². The van der Waals surface area contributed by atoms with Gasteiger partial charge in [0.25, 0.3) is 0 Å². The van der Waals surface area contributed by atoms with E-state index in [-0.39, 0.29) is 0 Å². The summed E-state index contributed by atoms with van der Waals surface area (Å²) in [7, 11) is 0. The summed E-state index contributed by atoms with van der Waals surface area (Å²) in [6.45, 7) is 5.78. The second-order valence-electron chi connectivity index (χ2n) is 1.78. The van der Waals surface area contributed by atoms with Crippen LogP contribution in [-0.4, -0.2) is 24.7 Å². The van der Waals surface area contributed by atoms with Crippen molar-refractivity contribution in [3.8, 4) is 0 Å². The van der Waals surface area contributed by atoms with Crippen molar-refractivity contribution in [3.05, 3.63) is 10.6 Å². The zero-order valence-corrected chi connectivity index (χ0v) is 8.86. The lowest BCUT2D eigenvalue weighted by molar-refractivity contribution is 1.09. The molecule has 0 N–H and O–H groups in total. The van der Waals surface area contributed by atoms with E-state index in [0.29, 0.717) is 6.67 Å². The highest BCUT2D eigenvalue weighted by atomic mass is 79.9. The van der Waals surface area contributed by atoms with Crippen LogP contribution < -0.4 is 0 Å². The Morgan fingerprint density at radius 2 is 2.45 bits per heavy atom. The van der Waals surface area contributed by atoms with E-state index in [2.05, 4.69) is 38.7 Å². The Hall–Kier alpha value is -0.0900. The zero-order chi connectivity index (χ0) is 8.53. The van der Waals surface area contributed by atoms with E-state index < -0.39 is 0 Å². The molecule has 0 spiro atoms. The van der Waals surface area contributed by atoms with Gasteiger partial charge in [-0.05, 0) is 18.1 Å². The third-order valence-corrected chi connectivity index (χ3v) is 1.77. The molecule has 2 nitrogen and oxygen atoms in total. The van der Waals surface area contributed by atoms with Gasteiger partial charge in [-0.3, -0.25) is 9.98 Å². The molecule has 11 heavy (non-hydrogen) atoms. The Morgan fingerprint density at radius 3 is 3.00 bits per heavy atom. The molecule has 0 aliphatic carbocycles. The Kier molecular flexibility index (Phi) is 7.95. The van der Waals surface area contributed by atoms with E-state index in [1.54, 1.807) is 17.3 Å². The molecule has 0 aromatic heterocycles. The van der Waals surface area contributed by atoms with E-state index in [1.807, 2.05) is 6.92 Å². The summed E-state index contributed by atoms with van der Waals surface area (Å²) in [4.78, 5) is 7.53. The highest BCUT2D eigenvalue weighted by molar-refractivity contribution is 9.11. The largest absolute Gasteiger partial charge is 0.278 e. The summed E-state index contributed by atoms with van der Waals surface area (Å²) in [5.74, 6) is 0.942. The quantitative estimate of drug-likeness (QED) is 0.408. The van der Waals surface area contributed by atoms with Gasteiger partial charge >= 0.3 is 0 Å². The lowest BCUT2D eigenvalue weighted by atomic mass is 10.6. The van der Waals surface area contributed by atoms with Crippen molar-refractivity contribution in [1.29, 1.82) is 0 Å². The molecule has 0 rings (SSSR count). The van der Waals surface area contributed by atoms with Gasteiger partial charge in [0, 0.05) is 5.75 Å². The van der Waals surface area contributed by atoms with E-state index in [1.165, 1.54) is 0 Å². The van der Waals surface area contributed by atoms with Crippen LogP contribution in [0.4, 0.5) is 0 Å². The Labute approximate surface area is 80.0 Å². The van der Waals surface area contributed by atoms with Crippen LogP contribution in [0.2, 0.25) is 0 Å². The number of rotatable bonds is 5. The third-order valence-electron chi connectivity index (χ3n) is 0.792. The van der Waals surface area contributed by atoms with E-state index in [4.69, 9.17) is 0 Å². The molecule has 0 aromatic carbocycles. The van der Waals surface area contributed by atoms with Crippen molar-refractivity contribution in [1.82, 2.24) is 0 Å². The standard InChI is InChI=1S/C7H11BrN2S/c1-7(8)3-4-11-6-10-5-9-2/h3,6H,2,4-5H2,1H3/b7-3+,10-6-. The summed E-state index contributed by atoms with van der Waals surface area (Å²) in [6.07, 6.45) is 2.08. The van der Waals surface area contributed by atoms with Gasteiger partial charge in [0.2, 0.25) is 0 Å². The van der Waals surface area contributed by atoms with E-state index >= 15 is 0 Å². The van der Waals surface area contributed by atoms with Crippen molar-refractivity contribution in [2.24, 2.45) is 9.98 Å². The molecule has 0 fully saturated rings. The summed E-state index contributed by atoms with van der Waals surface area (Å²) >= 11 is 4.97. The maximum absolute atomic E-state index is 3.95. The normalized spacial score (nSPS) is 12.4. The molecule has 0 aliphatic heterocycles. The minimum absolute atomic E-state index is 0.462. The second kappa shape index (κ2) is 8.01. The minimum atomic E-state index is 0.462. The molecule has 0 saturated carbocycles. The molecule has 0 unspecified atom stereocenters. The van der Waals surface area contributed by atoms with Gasteiger partial charge in [-0.1, -0.05) is 22.0 Å². The van der Waals surface area contributed by atoms with Gasteiger partial charge in [0.15, 0.2) is 0 Å². The van der Waals surface area contributed by atoms with Crippen LogP contribution in [0.1, 0.15) is 6.92 Å². The fraction of sp³-hybridized carbons (Fsp3) is 0.429. The fourth-order valence-electron chi connectivity index (χ4n) is 0.350. The first-order valence-electron chi connectivity index (χ1n) is 3.12. The molecular weight excluding hydrogens is 224 g/mol. The molecule has 62 valence electrons. The Balaban J connectivity index is 3.27. The number of hydrogen-bond donors (Lipinski definition) is 0.